The maximum Gasteiger partial charge on any atom is 0.266 e. The fraction of sp³-hybridized carbons (Fsp3) is 0. The lowest BCUT2D eigenvalue weighted by Gasteiger charge is -2.03. The van der Waals surface area contributed by atoms with Crippen LogP contribution in [0.25, 0.3) is 31.1 Å². The number of halogens is 2. The van der Waals surface area contributed by atoms with E-state index in [4.69, 9.17) is 0 Å². The van der Waals surface area contributed by atoms with Gasteiger partial charge in [0.2, 0.25) is 0 Å². The zero-order chi connectivity index (χ0) is 13.9. The summed E-state index contributed by atoms with van der Waals surface area (Å²) in [7, 11) is 0. The van der Waals surface area contributed by atoms with Gasteiger partial charge in [-0.3, -0.25) is 4.79 Å². The molecule has 0 aliphatic rings. The predicted octanol–water partition coefficient (Wildman–Crippen LogP) is 4.17. The largest absolute Gasteiger partial charge is 0.318 e. The van der Waals surface area contributed by atoms with Gasteiger partial charge in [-0.2, -0.15) is 0 Å². The first-order valence-corrected chi connectivity index (χ1v) is 6.79. The minimum atomic E-state index is -0.629. The molecule has 98 valence electrons. The monoisotopic (exact) mass is 287 g/mol. The highest BCUT2D eigenvalue weighted by molar-refractivity contribution is 7.25. The fourth-order valence-electron chi connectivity index (χ4n) is 2.54. The van der Waals surface area contributed by atoms with Gasteiger partial charge in [-0.05, 0) is 18.2 Å². The number of rotatable bonds is 0. The van der Waals surface area contributed by atoms with E-state index in [9.17, 15) is 13.6 Å². The van der Waals surface area contributed by atoms with Gasteiger partial charge >= 0.3 is 0 Å². The molecule has 2 aromatic heterocycles. The van der Waals surface area contributed by atoms with Gasteiger partial charge in [0, 0.05) is 20.9 Å². The van der Waals surface area contributed by atoms with Crippen molar-refractivity contribution < 1.29 is 8.78 Å². The first kappa shape index (κ1) is 11.5. The second kappa shape index (κ2) is 3.86. The summed E-state index contributed by atoms with van der Waals surface area (Å²) in [4.78, 5) is 14.5. The van der Waals surface area contributed by atoms with Gasteiger partial charge in [0.1, 0.15) is 16.3 Å². The van der Waals surface area contributed by atoms with E-state index in [1.54, 1.807) is 0 Å². The molecule has 0 radical (unpaired) electrons. The maximum atomic E-state index is 14.1. The highest BCUT2D eigenvalue weighted by Crippen LogP contribution is 2.36. The zero-order valence-electron chi connectivity index (χ0n) is 10.0. The van der Waals surface area contributed by atoms with Crippen LogP contribution in [0.5, 0.6) is 0 Å². The Morgan fingerprint density at radius 2 is 1.70 bits per heavy atom. The number of pyridine rings is 1. The topological polar surface area (TPSA) is 32.9 Å². The number of hydrogen-bond donors (Lipinski definition) is 1. The molecule has 1 N–H and O–H groups in total. The smallest absolute Gasteiger partial charge is 0.266 e. The van der Waals surface area contributed by atoms with E-state index in [0.29, 0.717) is 10.1 Å². The molecular weight excluding hydrogens is 280 g/mol. The summed E-state index contributed by atoms with van der Waals surface area (Å²) in [5, 5.41) is 1.39. The first-order valence-electron chi connectivity index (χ1n) is 5.98. The van der Waals surface area contributed by atoms with Crippen molar-refractivity contribution in [3.8, 4) is 0 Å². The standard InChI is InChI=1S/C15H7F2NOS/c16-8-5-6-9(17)13-12(8)11-7-3-1-2-4-10(7)20-14(11)15(19)18-13/h1-6H,(H,18,19). The number of H-pyrrole nitrogens is 1. The summed E-state index contributed by atoms with van der Waals surface area (Å²) in [5.74, 6) is -1.16. The second-order valence-electron chi connectivity index (χ2n) is 4.54. The van der Waals surface area contributed by atoms with E-state index in [1.165, 1.54) is 11.3 Å². The number of aromatic nitrogens is 1. The summed E-state index contributed by atoms with van der Waals surface area (Å²) in [5.41, 5.74) is -0.468. The van der Waals surface area contributed by atoms with Crippen LogP contribution in [0, 0.1) is 11.6 Å². The number of aromatic amines is 1. The first-order chi connectivity index (χ1) is 9.66. The molecule has 2 nitrogen and oxygen atoms in total. The SMILES string of the molecule is O=c1[nH]c2c(F)ccc(F)c2c2c1sc1ccccc12. The van der Waals surface area contributed by atoms with Gasteiger partial charge < -0.3 is 4.98 Å². The Hall–Kier alpha value is -2.27. The summed E-state index contributed by atoms with van der Waals surface area (Å²) in [6.07, 6.45) is 0. The van der Waals surface area contributed by atoms with Gasteiger partial charge in [-0.25, -0.2) is 8.78 Å². The van der Waals surface area contributed by atoms with Crippen LogP contribution < -0.4 is 5.56 Å². The summed E-state index contributed by atoms with van der Waals surface area (Å²) in [6, 6.07) is 9.46. The van der Waals surface area contributed by atoms with Crippen molar-refractivity contribution in [3.05, 3.63) is 58.4 Å². The Morgan fingerprint density at radius 1 is 0.950 bits per heavy atom. The van der Waals surface area contributed by atoms with Gasteiger partial charge in [0.05, 0.1) is 5.52 Å². The van der Waals surface area contributed by atoms with E-state index >= 15 is 0 Å². The lowest BCUT2D eigenvalue weighted by Crippen LogP contribution is -2.06. The quantitative estimate of drug-likeness (QED) is 0.517. The Bertz CT molecular complexity index is 1050. The van der Waals surface area contributed by atoms with Crippen LogP contribution in [0.1, 0.15) is 0 Å². The number of fused-ring (bicyclic) bond motifs is 5. The van der Waals surface area contributed by atoms with Crippen molar-refractivity contribution in [2.45, 2.75) is 0 Å². The molecule has 0 saturated carbocycles. The van der Waals surface area contributed by atoms with Crippen LogP contribution in [0.2, 0.25) is 0 Å². The molecule has 0 bridgehead atoms. The molecule has 0 amide bonds. The number of thiophene rings is 1. The van der Waals surface area contributed by atoms with Gasteiger partial charge in [-0.1, -0.05) is 18.2 Å². The maximum absolute atomic E-state index is 14.1. The third-order valence-corrected chi connectivity index (χ3v) is 4.56. The summed E-state index contributed by atoms with van der Waals surface area (Å²) < 4.78 is 29.3. The highest BCUT2D eigenvalue weighted by Gasteiger charge is 2.16. The lowest BCUT2D eigenvalue weighted by atomic mass is 10.1. The molecule has 2 aromatic carbocycles. The minimum absolute atomic E-state index is 0.0777. The molecule has 0 aliphatic carbocycles. The number of nitrogens with one attached hydrogen (secondary N) is 1. The summed E-state index contributed by atoms with van der Waals surface area (Å²) in [6.45, 7) is 0. The molecule has 0 aliphatic heterocycles. The van der Waals surface area contributed by atoms with Gasteiger partial charge in [0.15, 0.2) is 0 Å². The third kappa shape index (κ3) is 1.38. The predicted molar refractivity (Wildman–Crippen MR) is 77.4 cm³/mol. The minimum Gasteiger partial charge on any atom is -0.318 e. The van der Waals surface area contributed by atoms with Crippen LogP contribution in [0.4, 0.5) is 8.78 Å². The third-order valence-electron chi connectivity index (χ3n) is 3.39. The molecular formula is C15H7F2NOS. The number of benzene rings is 2. The van der Waals surface area contributed by atoms with Crippen molar-refractivity contribution >= 4 is 42.4 Å². The van der Waals surface area contributed by atoms with Gasteiger partial charge in [-0.15, -0.1) is 11.3 Å². The van der Waals surface area contributed by atoms with E-state index < -0.39 is 17.2 Å². The Morgan fingerprint density at radius 3 is 2.55 bits per heavy atom. The molecule has 4 rings (SSSR count). The van der Waals surface area contributed by atoms with Crippen molar-refractivity contribution in [2.24, 2.45) is 0 Å². The Labute approximate surface area is 115 Å². The molecule has 20 heavy (non-hydrogen) atoms. The van der Waals surface area contributed by atoms with Crippen LogP contribution in [0.15, 0.2) is 41.2 Å². The fourth-order valence-corrected chi connectivity index (χ4v) is 3.65. The van der Waals surface area contributed by atoms with Crippen molar-refractivity contribution in [3.63, 3.8) is 0 Å². The molecule has 0 fully saturated rings. The molecule has 4 aromatic rings. The van der Waals surface area contributed by atoms with Crippen LogP contribution in [0.3, 0.4) is 0 Å². The normalized spacial score (nSPS) is 11.7. The highest BCUT2D eigenvalue weighted by atomic mass is 32.1. The summed E-state index contributed by atoms with van der Waals surface area (Å²) >= 11 is 1.28. The molecule has 0 spiro atoms. The zero-order valence-corrected chi connectivity index (χ0v) is 10.9. The van der Waals surface area contributed by atoms with Crippen LogP contribution in [-0.2, 0) is 0 Å². The van der Waals surface area contributed by atoms with Crippen molar-refractivity contribution in [1.29, 1.82) is 0 Å². The van der Waals surface area contributed by atoms with Gasteiger partial charge in [0.25, 0.3) is 5.56 Å². The molecule has 2 heterocycles. The van der Waals surface area contributed by atoms with Crippen molar-refractivity contribution in [1.82, 2.24) is 4.98 Å². The molecule has 0 saturated heterocycles. The van der Waals surface area contributed by atoms with Crippen molar-refractivity contribution in [2.75, 3.05) is 0 Å². The van der Waals surface area contributed by atoms with E-state index in [1.807, 2.05) is 24.3 Å². The average Bonchev–Trinajstić information content (AvgIpc) is 2.83. The molecule has 5 heteroatoms. The number of hydrogen-bond acceptors (Lipinski definition) is 2. The van der Waals surface area contributed by atoms with E-state index in [0.717, 1.165) is 22.2 Å². The van der Waals surface area contributed by atoms with E-state index in [2.05, 4.69) is 4.98 Å². The second-order valence-corrected chi connectivity index (χ2v) is 5.59. The van der Waals surface area contributed by atoms with Crippen LogP contribution >= 0.6 is 11.3 Å². The lowest BCUT2D eigenvalue weighted by molar-refractivity contribution is 0.616. The molecule has 0 unspecified atom stereocenters. The Kier molecular flexibility index (Phi) is 2.23. The Balaban J connectivity index is 2.46. The van der Waals surface area contributed by atoms with Crippen LogP contribution in [-0.4, -0.2) is 4.98 Å². The average molecular weight is 287 g/mol. The molecule has 0 atom stereocenters. The van der Waals surface area contributed by atoms with E-state index in [-0.39, 0.29) is 10.9 Å².